The van der Waals surface area contributed by atoms with Crippen molar-refractivity contribution in [3.8, 4) is 0 Å². The van der Waals surface area contributed by atoms with Crippen molar-refractivity contribution in [1.82, 2.24) is 9.29 Å². The van der Waals surface area contributed by atoms with Crippen LogP contribution in [0, 0.1) is 5.82 Å². The number of fused-ring (bicyclic) bond motifs is 3. The number of carboxylic acids is 2. The van der Waals surface area contributed by atoms with E-state index in [1.54, 1.807) is 0 Å². The van der Waals surface area contributed by atoms with E-state index in [1.165, 1.54) is 12.1 Å². The minimum Gasteiger partial charge on any atom is -0.481 e. The first kappa shape index (κ1) is 27.3. The maximum Gasteiger partial charge on any atom is 0.305 e. The van der Waals surface area contributed by atoms with Crippen LogP contribution in [0.25, 0.3) is 10.9 Å². The summed E-state index contributed by atoms with van der Waals surface area (Å²) in [5.41, 5.74) is 3.11. The molecular formula is C26H31FN2O6S. The average Bonchev–Trinajstić information content (AvgIpc) is 3.15. The Morgan fingerprint density at radius 3 is 2.33 bits per heavy atom. The van der Waals surface area contributed by atoms with Crippen LogP contribution in [0.15, 0.2) is 53.4 Å². The monoisotopic (exact) mass is 518 g/mol. The number of aromatic nitrogens is 1. The molecule has 0 radical (unpaired) electrons. The molecule has 0 bridgehead atoms. The molecule has 36 heavy (non-hydrogen) atoms. The van der Waals surface area contributed by atoms with Gasteiger partial charge in [-0.1, -0.05) is 31.5 Å². The van der Waals surface area contributed by atoms with Crippen molar-refractivity contribution < 1.29 is 32.6 Å². The summed E-state index contributed by atoms with van der Waals surface area (Å²) in [5.74, 6) is -2.03. The van der Waals surface area contributed by atoms with Crippen LogP contribution in [0.4, 0.5) is 4.39 Å². The van der Waals surface area contributed by atoms with E-state index in [4.69, 9.17) is 10.2 Å². The summed E-state index contributed by atoms with van der Waals surface area (Å²) >= 11 is 0. The predicted octanol–water partition coefficient (Wildman–Crippen LogP) is 4.35. The number of hydrogen-bond donors (Lipinski definition) is 3. The molecule has 0 saturated heterocycles. The number of carbonyl (C=O) groups is 2. The van der Waals surface area contributed by atoms with E-state index in [-0.39, 0.29) is 17.4 Å². The lowest BCUT2D eigenvalue weighted by molar-refractivity contribution is -0.138. The summed E-state index contributed by atoms with van der Waals surface area (Å²) in [6.45, 7) is 2.36. The first-order valence-corrected chi connectivity index (χ1v) is 13.4. The van der Waals surface area contributed by atoms with Gasteiger partial charge in [0.05, 0.1) is 11.3 Å². The summed E-state index contributed by atoms with van der Waals surface area (Å²) in [7, 11) is -3.75. The Kier molecular flexibility index (Phi) is 9.22. The van der Waals surface area contributed by atoms with E-state index >= 15 is 0 Å². The van der Waals surface area contributed by atoms with E-state index in [1.807, 2.05) is 35.8 Å². The Hall–Kier alpha value is -3.24. The SMILES string of the molecule is CCCCC(=O)O.O=C(O)CCn1c2c(c3ccccc31)C[C@H](NS(=O)(=O)c1ccc(F)cc1)CC2. The van der Waals surface area contributed by atoms with Crippen molar-refractivity contribution >= 4 is 32.9 Å². The number of aryl methyl sites for hydroxylation is 1. The van der Waals surface area contributed by atoms with E-state index in [9.17, 15) is 22.4 Å². The molecular weight excluding hydrogens is 487 g/mol. The molecule has 194 valence electrons. The molecule has 0 saturated carbocycles. The van der Waals surface area contributed by atoms with Gasteiger partial charge in [-0.05, 0) is 61.6 Å². The molecule has 3 aromatic rings. The molecule has 1 aliphatic carbocycles. The molecule has 1 aliphatic rings. The van der Waals surface area contributed by atoms with Crippen molar-refractivity contribution in [3.05, 3.63) is 65.6 Å². The van der Waals surface area contributed by atoms with Crippen LogP contribution in [0.2, 0.25) is 0 Å². The van der Waals surface area contributed by atoms with Crippen molar-refractivity contribution in [1.29, 1.82) is 0 Å². The van der Waals surface area contributed by atoms with Crippen LogP contribution in [0.5, 0.6) is 0 Å². The number of halogens is 1. The quantitative estimate of drug-likeness (QED) is 0.387. The highest BCUT2D eigenvalue weighted by Crippen LogP contribution is 2.33. The van der Waals surface area contributed by atoms with Gasteiger partial charge in [0.25, 0.3) is 0 Å². The van der Waals surface area contributed by atoms with Crippen molar-refractivity contribution in [2.45, 2.75) is 69.4 Å². The summed E-state index contributed by atoms with van der Waals surface area (Å²) in [4.78, 5) is 20.8. The lowest BCUT2D eigenvalue weighted by Crippen LogP contribution is -2.39. The number of sulfonamides is 1. The fraction of sp³-hybridized carbons (Fsp3) is 0.385. The maximum absolute atomic E-state index is 13.1. The predicted molar refractivity (Wildman–Crippen MR) is 134 cm³/mol. The van der Waals surface area contributed by atoms with Crippen molar-refractivity contribution in [2.75, 3.05) is 0 Å². The molecule has 3 N–H and O–H groups in total. The zero-order valence-corrected chi connectivity index (χ0v) is 20.9. The Morgan fingerprint density at radius 1 is 1.06 bits per heavy atom. The number of nitrogens with one attached hydrogen (secondary N) is 1. The number of benzene rings is 2. The minimum absolute atomic E-state index is 0.0335. The third-order valence-electron chi connectivity index (χ3n) is 6.11. The van der Waals surface area contributed by atoms with Crippen LogP contribution in [0.3, 0.4) is 0 Å². The molecule has 0 amide bonds. The normalized spacial score (nSPS) is 15.1. The number of rotatable bonds is 9. The van der Waals surface area contributed by atoms with Crippen molar-refractivity contribution in [2.24, 2.45) is 0 Å². The van der Waals surface area contributed by atoms with E-state index in [0.29, 0.717) is 32.2 Å². The maximum atomic E-state index is 13.1. The fourth-order valence-electron chi connectivity index (χ4n) is 4.39. The van der Waals surface area contributed by atoms with Gasteiger partial charge in [0, 0.05) is 35.6 Å². The molecule has 0 fully saturated rings. The van der Waals surface area contributed by atoms with Crippen LogP contribution >= 0.6 is 0 Å². The summed E-state index contributed by atoms with van der Waals surface area (Å²) < 4.78 is 43.2. The standard InChI is InChI=1S/C21H21FN2O4S.C5H10O2/c22-14-5-8-16(9-6-14)29(27,28)23-15-7-10-20-18(13-15)17-3-1-2-4-19(17)24(20)12-11-21(25)26;1-2-3-4-5(6)7/h1-6,8-9,15,23H,7,10-13H2,(H,25,26);2-4H2,1H3,(H,6,7)/t15-;/m1./s1. The van der Waals surface area contributed by atoms with Gasteiger partial charge in [-0.25, -0.2) is 17.5 Å². The Labute approximate surface area is 209 Å². The summed E-state index contributed by atoms with van der Waals surface area (Å²) in [5, 5.41) is 18.1. The lowest BCUT2D eigenvalue weighted by atomic mass is 9.92. The second kappa shape index (κ2) is 12.1. The first-order valence-electron chi connectivity index (χ1n) is 11.9. The highest BCUT2D eigenvalue weighted by Gasteiger charge is 2.28. The number of nitrogens with zero attached hydrogens (tertiary/aromatic N) is 1. The van der Waals surface area contributed by atoms with Gasteiger partial charge in [-0.15, -0.1) is 0 Å². The van der Waals surface area contributed by atoms with E-state index in [0.717, 1.165) is 47.1 Å². The van der Waals surface area contributed by atoms with Gasteiger partial charge < -0.3 is 14.8 Å². The summed E-state index contributed by atoms with van der Waals surface area (Å²) in [6, 6.07) is 12.3. The minimum atomic E-state index is -3.75. The average molecular weight is 519 g/mol. The molecule has 1 heterocycles. The topological polar surface area (TPSA) is 126 Å². The highest BCUT2D eigenvalue weighted by molar-refractivity contribution is 7.89. The molecule has 8 nitrogen and oxygen atoms in total. The van der Waals surface area contributed by atoms with Crippen LogP contribution in [-0.4, -0.2) is 41.2 Å². The van der Waals surface area contributed by atoms with Gasteiger partial charge in [0.15, 0.2) is 0 Å². The van der Waals surface area contributed by atoms with Crippen LogP contribution in [0.1, 0.15) is 50.3 Å². The number of unbranched alkanes of at least 4 members (excludes halogenated alkanes) is 1. The first-order chi connectivity index (χ1) is 17.1. The van der Waals surface area contributed by atoms with E-state index < -0.39 is 27.8 Å². The van der Waals surface area contributed by atoms with Crippen molar-refractivity contribution in [3.63, 3.8) is 0 Å². The van der Waals surface area contributed by atoms with Gasteiger partial charge in [-0.3, -0.25) is 9.59 Å². The Bertz CT molecular complexity index is 1320. The molecule has 0 aliphatic heterocycles. The highest BCUT2D eigenvalue weighted by atomic mass is 32.2. The molecule has 1 aromatic heterocycles. The third-order valence-corrected chi connectivity index (χ3v) is 7.65. The number of carboxylic acid groups (broad SMARTS) is 2. The van der Waals surface area contributed by atoms with Gasteiger partial charge in [0.1, 0.15) is 5.82 Å². The zero-order valence-electron chi connectivity index (χ0n) is 20.1. The van der Waals surface area contributed by atoms with Gasteiger partial charge in [0.2, 0.25) is 10.0 Å². The third kappa shape index (κ3) is 6.92. The second-order valence-electron chi connectivity index (χ2n) is 8.75. The zero-order chi connectivity index (χ0) is 26.3. The fourth-order valence-corrected chi connectivity index (χ4v) is 5.66. The second-order valence-corrected chi connectivity index (χ2v) is 10.5. The molecule has 0 spiro atoms. The van der Waals surface area contributed by atoms with Crippen LogP contribution in [-0.2, 0) is 39.0 Å². The van der Waals surface area contributed by atoms with Crippen LogP contribution < -0.4 is 4.72 Å². The lowest BCUT2D eigenvalue weighted by Gasteiger charge is -2.25. The van der Waals surface area contributed by atoms with Gasteiger partial charge >= 0.3 is 11.9 Å². The Morgan fingerprint density at radius 2 is 1.72 bits per heavy atom. The molecule has 4 rings (SSSR count). The largest absolute Gasteiger partial charge is 0.481 e. The molecule has 0 unspecified atom stereocenters. The number of para-hydroxylation sites is 1. The summed E-state index contributed by atoms with van der Waals surface area (Å²) in [6.07, 6.45) is 3.90. The van der Waals surface area contributed by atoms with E-state index in [2.05, 4.69) is 4.72 Å². The Balaban J connectivity index is 0.000000454. The molecule has 2 aromatic carbocycles. The number of hydrogen-bond acceptors (Lipinski definition) is 4. The smallest absolute Gasteiger partial charge is 0.305 e. The van der Waals surface area contributed by atoms with Gasteiger partial charge in [-0.2, -0.15) is 0 Å². The molecule has 10 heteroatoms. The number of aliphatic carboxylic acids is 2. The molecule has 1 atom stereocenters.